The Bertz CT molecular complexity index is 783. The van der Waals surface area contributed by atoms with Gasteiger partial charge in [-0.25, -0.2) is 4.79 Å². The molecule has 2 fully saturated rings. The molecule has 0 spiro atoms. The summed E-state index contributed by atoms with van der Waals surface area (Å²) in [6, 6.07) is 0. The summed E-state index contributed by atoms with van der Waals surface area (Å²) in [5.41, 5.74) is -0.666. The van der Waals surface area contributed by atoms with Gasteiger partial charge in [0.25, 0.3) is 0 Å². The van der Waals surface area contributed by atoms with Crippen LogP contribution in [0.3, 0.4) is 0 Å². The molecule has 5 heteroatoms. The number of carboxylic acid groups (broad SMARTS) is 2. The Labute approximate surface area is 193 Å². The van der Waals surface area contributed by atoms with Crippen LogP contribution in [0.15, 0.2) is 11.6 Å². The SMILES string of the molecule is CC(C)CCC[C@@H](C)[C@H]1CC[C@H]2[C@H](C(=O)O)[C@@H]([C@@]3(C)CCC(=O)C=C3C(=O)O)CC[C@]12C. The number of fused-ring (bicyclic) bond motifs is 1. The van der Waals surface area contributed by atoms with Crippen molar-refractivity contribution in [3.63, 3.8) is 0 Å². The lowest BCUT2D eigenvalue weighted by Gasteiger charge is -2.53. The fraction of sp³-hybridized carbons (Fsp3) is 0.815. The summed E-state index contributed by atoms with van der Waals surface area (Å²) in [6.07, 6.45) is 9.28. The fourth-order valence-corrected chi connectivity index (χ4v) is 7.83. The molecular formula is C27H42O5. The highest BCUT2D eigenvalue weighted by Gasteiger charge is 2.60. The molecule has 0 aromatic rings. The smallest absolute Gasteiger partial charge is 0.332 e. The van der Waals surface area contributed by atoms with Crippen LogP contribution in [-0.2, 0) is 14.4 Å². The van der Waals surface area contributed by atoms with Gasteiger partial charge in [0.15, 0.2) is 5.78 Å². The molecule has 3 rings (SSSR count). The molecule has 0 aliphatic heterocycles. The van der Waals surface area contributed by atoms with Gasteiger partial charge in [0.2, 0.25) is 0 Å². The van der Waals surface area contributed by atoms with Crippen molar-refractivity contribution >= 4 is 17.7 Å². The first-order chi connectivity index (χ1) is 14.9. The molecule has 2 saturated carbocycles. The van der Waals surface area contributed by atoms with Gasteiger partial charge in [0.05, 0.1) is 5.92 Å². The lowest BCUT2D eigenvalue weighted by Crippen LogP contribution is -2.51. The monoisotopic (exact) mass is 446 g/mol. The molecular weight excluding hydrogens is 404 g/mol. The maximum absolute atomic E-state index is 12.7. The molecule has 32 heavy (non-hydrogen) atoms. The van der Waals surface area contributed by atoms with E-state index in [1.165, 1.54) is 25.3 Å². The largest absolute Gasteiger partial charge is 0.481 e. The number of aliphatic carboxylic acids is 2. The van der Waals surface area contributed by atoms with Gasteiger partial charge >= 0.3 is 11.9 Å². The van der Waals surface area contributed by atoms with Crippen molar-refractivity contribution < 1.29 is 24.6 Å². The van der Waals surface area contributed by atoms with Crippen LogP contribution < -0.4 is 0 Å². The van der Waals surface area contributed by atoms with E-state index in [2.05, 4.69) is 27.7 Å². The molecule has 0 heterocycles. The second-order valence-corrected chi connectivity index (χ2v) is 11.9. The second-order valence-electron chi connectivity index (χ2n) is 11.9. The highest BCUT2D eigenvalue weighted by Crippen LogP contribution is 2.64. The minimum Gasteiger partial charge on any atom is -0.481 e. The Morgan fingerprint density at radius 1 is 1.03 bits per heavy atom. The Morgan fingerprint density at radius 2 is 1.72 bits per heavy atom. The van der Waals surface area contributed by atoms with Gasteiger partial charge < -0.3 is 10.2 Å². The molecule has 0 aromatic heterocycles. The number of carbonyl (C=O) groups excluding carboxylic acids is 1. The Kier molecular flexibility index (Phi) is 7.26. The Balaban J connectivity index is 1.87. The number of allylic oxidation sites excluding steroid dienone is 1. The third kappa shape index (κ3) is 4.41. The van der Waals surface area contributed by atoms with Crippen LogP contribution in [0.5, 0.6) is 0 Å². The van der Waals surface area contributed by atoms with E-state index in [0.29, 0.717) is 37.0 Å². The number of carbonyl (C=O) groups is 3. The predicted molar refractivity (Wildman–Crippen MR) is 124 cm³/mol. The van der Waals surface area contributed by atoms with Gasteiger partial charge in [0, 0.05) is 17.4 Å². The average molecular weight is 447 g/mol. The van der Waals surface area contributed by atoms with Crippen molar-refractivity contribution in [2.24, 2.45) is 46.3 Å². The van der Waals surface area contributed by atoms with E-state index < -0.39 is 23.3 Å². The van der Waals surface area contributed by atoms with Crippen molar-refractivity contribution in [2.45, 2.75) is 92.4 Å². The number of ketones is 1. The normalized spacial score (nSPS) is 38.3. The molecule has 0 radical (unpaired) electrons. The molecule has 0 saturated heterocycles. The zero-order valence-electron chi connectivity index (χ0n) is 20.5. The quantitative estimate of drug-likeness (QED) is 0.479. The number of hydrogen-bond donors (Lipinski definition) is 2. The van der Waals surface area contributed by atoms with E-state index in [-0.39, 0.29) is 28.6 Å². The first kappa shape index (κ1) is 25.0. The van der Waals surface area contributed by atoms with Crippen LogP contribution >= 0.6 is 0 Å². The predicted octanol–water partition coefficient (Wildman–Crippen LogP) is 5.97. The molecule has 0 amide bonds. The molecule has 3 aliphatic rings. The minimum absolute atomic E-state index is 0.00918. The van der Waals surface area contributed by atoms with E-state index in [0.717, 1.165) is 19.3 Å². The topological polar surface area (TPSA) is 91.7 Å². The molecule has 180 valence electrons. The van der Waals surface area contributed by atoms with Gasteiger partial charge in [0.1, 0.15) is 0 Å². The summed E-state index contributed by atoms with van der Waals surface area (Å²) in [5, 5.41) is 20.2. The molecule has 3 aliphatic carbocycles. The standard InChI is InChI=1S/C27H42O5/c1-16(2)7-6-8-17(3)19-9-10-20-23(25(31)32)21(12-14-26(19,20)4)27(5)13-11-18(28)15-22(27)24(29)30/h15-17,19-21,23H,6-14H2,1-5H3,(H,29,30)(H,31,32)/t17-,19-,20+,21+,23+,26-,27-/m1/s1. The maximum Gasteiger partial charge on any atom is 0.332 e. The Hall–Kier alpha value is -1.65. The van der Waals surface area contributed by atoms with Crippen LogP contribution in [0.25, 0.3) is 0 Å². The van der Waals surface area contributed by atoms with Crippen molar-refractivity contribution in [3.8, 4) is 0 Å². The van der Waals surface area contributed by atoms with E-state index >= 15 is 0 Å². The molecule has 0 unspecified atom stereocenters. The van der Waals surface area contributed by atoms with Crippen molar-refractivity contribution in [1.29, 1.82) is 0 Å². The second kappa shape index (κ2) is 9.30. The van der Waals surface area contributed by atoms with E-state index in [9.17, 15) is 24.6 Å². The van der Waals surface area contributed by atoms with Crippen LogP contribution in [0.4, 0.5) is 0 Å². The zero-order valence-corrected chi connectivity index (χ0v) is 20.5. The van der Waals surface area contributed by atoms with Crippen LogP contribution in [0, 0.1) is 46.3 Å². The van der Waals surface area contributed by atoms with E-state index in [1.54, 1.807) is 0 Å². The fourth-order valence-electron chi connectivity index (χ4n) is 7.83. The highest BCUT2D eigenvalue weighted by atomic mass is 16.4. The lowest BCUT2D eigenvalue weighted by atomic mass is 9.49. The summed E-state index contributed by atoms with van der Waals surface area (Å²) in [6.45, 7) is 11.1. The van der Waals surface area contributed by atoms with E-state index in [1.807, 2.05) is 6.92 Å². The molecule has 2 N–H and O–H groups in total. The molecule has 5 nitrogen and oxygen atoms in total. The van der Waals surface area contributed by atoms with Gasteiger partial charge in [-0.3, -0.25) is 9.59 Å². The Morgan fingerprint density at radius 3 is 2.31 bits per heavy atom. The van der Waals surface area contributed by atoms with Crippen LogP contribution in [0.2, 0.25) is 0 Å². The molecule has 0 aromatic carbocycles. The van der Waals surface area contributed by atoms with Crippen molar-refractivity contribution in [2.75, 3.05) is 0 Å². The highest BCUT2D eigenvalue weighted by molar-refractivity contribution is 6.01. The average Bonchev–Trinajstić information content (AvgIpc) is 3.05. The third-order valence-electron chi connectivity index (χ3n) is 9.62. The van der Waals surface area contributed by atoms with Gasteiger partial charge in [-0.2, -0.15) is 0 Å². The maximum atomic E-state index is 12.7. The lowest BCUT2D eigenvalue weighted by molar-refractivity contribution is -0.157. The van der Waals surface area contributed by atoms with Crippen LogP contribution in [0.1, 0.15) is 92.4 Å². The van der Waals surface area contributed by atoms with E-state index in [4.69, 9.17) is 0 Å². The van der Waals surface area contributed by atoms with Gasteiger partial charge in [-0.1, -0.05) is 53.9 Å². The number of rotatable bonds is 8. The summed E-state index contributed by atoms with van der Waals surface area (Å²) in [4.78, 5) is 36.7. The van der Waals surface area contributed by atoms with Crippen molar-refractivity contribution in [3.05, 3.63) is 11.6 Å². The number of carboxylic acids is 2. The first-order valence-corrected chi connectivity index (χ1v) is 12.6. The summed E-state index contributed by atoms with van der Waals surface area (Å²) in [5.74, 6) is -0.955. The summed E-state index contributed by atoms with van der Waals surface area (Å²) >= 11 is 0. The molecule has 7 atom stereocenters. The number of hydrogen-bond acceptors (Lipinski definition) is 3. The van der Waals surface area contributed by atoms with Gasteiger partial charge in [-0.05, 0) is 73.2 Å². The summed E-state index contributed by atoms with van der Waals surface area (Å²) in [7, 11) is 0. The third-order valence-corrected chi connectivity index (χ3v) is 9.62. The van der Waals surface area contributed by atoms with Crippen LogP contribution in [-0.4, -0.2) is 27.9 Å². The first-order valence-electron chi connectivity index (χ1n) is 12.6. The minimum atomic E-state index is -1.08. The zero-order chi connectivity index (χ0) is 23.8. The van der Waals surface area contributed by atoms with Crippen molar-refractivity contribution in [1.82, 2.24) is 0 Å². The molecule has 0 bridgehead atoms. The van der Waals surface area contributed by atoms with Gasteiger partial charge in [-0.15, -0.1) is 0 Å². The summed E-state index contributed by atoms with van der Waals surface area (Å²) < 4.78 is 0.